The number of nitrogens with two attached hydrogens (primary N) is 1. The van der Waals surface area contributed by atoms with Crippen molar-refractivity contribution in [2.45, 2.75) is 43.8 Å². The summed E-state index contributed by atoms with van der Waals surface area (Å²) in [5, 5.41) is 11.1. The van der Waals surface area contributed by atoms with Gasteiger partial charge in [0.15, 0.2) is 0 Å². The van der Waals surface area contributed by atoms with E-state index in [9.17, 15) is 14.9 Å². The second-order valence-corrected chi connectivity index (χ2v) is 6.16. The number of hydrogen-bond donors (Lipinski definition) is 1. The van der Waals surface area contributed by atoms with Crippen molar-refractivity contribution in [3.8, 4) is 0 Å². The first kappa shape index (κ1) is 14.3. The maximum Gasteiger partial charge on any atom is 0.270 e. The topological polar surface area (TPSA) is 89.5 Å². The number of rotatable bonds is 2. The molecule has 21 heavy (non-hydrogen) atoms. The lowest BCUT2D eigenvalue weighted by molar-refractivity contribution is -0.384. The number of hydrogen-bond acceptors (Lipinski definition) is 4. The number of fused-ring (bicyclic) bond motifs is 2. The molecule has 112 valence electrons. The number of nitro groups is 1. The molecule has 0 aromatic heterocycles. The third-order valence-electron chi connectivity index (χ3n) is 4.40. The Labute approximate surface area is 127 Å². The number of piperidine rings is 1. The molecule has 2 atom stereocenters. The van der Waals surface area contributed by atoms with Crippen molar-refractivity contribution in [3.63, 3.8) is 0 Å². The van der Waals surface area contributed by atoms with E-state index in [1.807, 2.05) is 4.90 Å². The molecule has 2 unspecified atom stereocenters. The number of benzene rings is 1. The zero-order valence-electron chi connectivity index (χ0n) is 11.4. The van der Waals surface area contributed by atoms with Crippen LogP contribution in [-0.4, -0.2) is 33.9 Å². The van der Waals surface area contributed by atoms with Crippen molar-refractivity contribution in [1.82, 2.24) is 4.90 Å². The fraction of sp³-hybridized carbons (Fsp3) is 0.500. The highest BCUT2D eigenvalue weighted by atomic mass is 35.5. The summed E-state index contributed by atoms with van der Waals surface area (Å²) in [6.07, 6.45) is 3.46. The summed E-state index contributed by atoms with van der Waals surface area (Å²) in [5.41, 5.74) is 6.08. The Morgan fingerprint density at radius 2 is 1.95 bits per heavy atom. The Bertz CT molecular complexity index is 593. The highest BCUT2D eigenvalue weighted by Crippen LogP contribution is 2.37. The molecule has 2 fully saturated rings. The Balaban J connectivity index is 1.92. The molecule has 0 aliphatic carbocycles. The van der Waals surface area contributed by atoms with Crippen LogP contribution in [0.2, 0.25) is 5.02 Å². The molecular weight excluding hydrogens is 294 g/mol. The first-order valence-electron chi connectivity index (χ1n) is 6.99. The maximum absolute atomic E-state index is 12.7. The lowest BCUT2D eigenvalue weighted by atomic mass is 9.97. The first-order chi connectivity index (χ1) is 9.97. The summed E-state index contributed by atoms with van der Waals surface area (Å²) in [6, 6.07) is 4.36. The van der Waals surface area contributed by atoms with Gasteiger partial charge in [-0.25, -0.2) is 0 Å². The van der Waals surface area contributed by atoms with Crippen molar-refractivity contribution in [1.29, 1.82) is 0 Å². The molecule has 0 saturated carbocycles. The second kappa shape index (κ2) is 5.27. The molecule has 1 amide bonds. The Kier molecular flexibility index (Phi) is 3.59. The van der Waals surface area contributed by atoms with Crippen LogP contribution >= 0.6 is 11.6 Å². The zero-order chi connectivity index (χ0) is 15.1. The highest BCUT2D eigenvalue weighted by Gasteiger charge is 2.43. The average Bonchev–Trinajstić information content (AvgIpc) is 2.70. The molecule has 3 rings (SSSR count). The van der Waals surface area contributed by atoms with Crippen LogP contribution in [-0.2, 0) is 0 Å². The van der Waals surface area contributed by atoms with Gasteiger partial charge in [0.2, 0.25) is 0 Å². The largest absolute Gasteiger partial charge is 0.333 e. The van der Waals surface area contributed by atoms with Crippen LogP contribution < -0.4 is 5.73 Å². The normalized spacial score (nSPS) is 27.7. The molecule has 1 aromatic rings. The lowest BCUT2D eigenvalue weighted by Crippen LogP contribution is -2.50. The molecule has 2 heterocycles. The van der Waals surface area contributed by atoms with Crippen molar-refractivity contribution in [2.24, 2.45) is 5.73 Å². The molecular formula is C14H16ClN3O3. The van der Waals surface area contributed by atoms with E-state index < -0.39 is 4.92 Å². The fourth-order valence-corrected chi connectivity index (χ4v) is 3.68. The average molecular weight is 310 g/mol. The maximum atomic E-state index is 12.7. The summed E-state index contributed by atoms with van der Waals surface area (Å²) in [5.74, 6) is -0.219. The molecule has 2 aliphatic heterocycles. The summed E-state index contributed by atoms with van der Waals surface area (Å²) in [7, 11) is 0. The zero-order valence-corrected chi connectivity index (χ0v) is 12.1. The Morgan fingerprint density at radius 3 is 2.52 bits per heavy atom. The minimum absolute atomic E-state index is 0.121. The number of carbonyl (C=O) groups is 1. The summed E-state index contributed by atoms with van der Waals surface area (Å²) in [4.78, 5) is 24.9. The van der Waals surface area contributed by atoms with E-state index in [1.165, 1.54) is 18.2 Å². The molecule has 6 nitrogen and oxygen atoms in total. The van der Waals surface area contributed by atoms with E-state index in [1.54, 1.807) is 0 Å². The molecule has 1 aromatic carbocycles. The van der Waals surface area contributed by atoms with Gasteiger partial charge in [0.05, 0.1) is 15.5 Å². The van der Waals surface area contributed by atoms with E-state index in [4.69, 9.17) is 17.3 Å². The number of nitrogens with zero attached hydrogens (tertiary/aromatic N) is 2. The molecule has 2 N–H and O–H groups in total. The first-order valence-corrected chi connectivity index (χ1v) is 7.37. The SMILES string of the molecule is NC1CC2CCC(C1)N2C(=O)c1cc([N+](=O)[O-])ccc1Cl. The van der Waals surface area contributed by atoms with Gasteiger partial charge in [-0.1, -0.05) is 11.6 Å². The van der Waals surface area contributed by atoms with Gasteiger partial charge in [-0.15, -0.1) is 0 Å². The van der Waals surface area contributed by atoms with Gasteiger partial charge in [-0.3, -0.25) is 14.9 Å². The van der Waals surface area contributed by atoms with Crippen LogP contribution in [0.4, 0.5) is 5.69 Å². The number of non-ortho nitro benzene ring substituents is 1. The number of carbonyl (C=O) groups excluding carboxylic acids is 1. The number of halogens is 1. The summed E-state index contributed by atoms with van der Waals surface area (Å²) >= 11 is 6.06. The summed E-state index contributed by atoms with van der Waals surface area (Å²) in [6.45, 7) is 0. The third-order valence-corrected chi connectivity index (χ3v) is 4.72. The van der Waals surface area contributed by atoms with Gasteiger partial charge in [0, 0.05) is 30.3 Å². The van der Waals surface area contributed by atoms with E-state index in [-0.39, 0.29) is 40.3 Å². The van der Waals surface area contributed by atoms with Crippen molar-refractivity contribution in [3.05, 3.63) is 38.9 Å². The van der Waals surface area contributed by atoms with Crippen LogP contribution in [0.3, 0.4) is 0 Å². The van der Waals surface area contributed by atoms with Gasteiger partial charge in [0.25, 0.3) is 11.6 Å². The van der Waals surface area contributed by atoms with Gasteiger partial charge >= 0.3 is 0 Å². The van der Waals surface area contributed by atoms with E-state index in [0.29, 0.717) is 0 Å². The third kappa shape index (κ3) is 2.49. The second-order valence-electron chi connectivity index (χ2n) is 5.75. The van der Waals surface area contributed by atoms with Crippen LogP contribution in [0, 0.1) is 10.1 Å². The quantitative estimate of drug-likeness (QED) is 0.670. The standard InChI is InChI=1S/C14H16ClN3O3/c15-13-4-3-11(18(20)21)7-12(13)14(19)17-9-1-2-10(17)6-8(16)5-9/h3-4,7-10H,1-2,5-6,16H2. The molecule has 2 aliphatic rings. The molecule has 7 heteroatoms. The Morgan fingerprint density at radius 1 is 1.33 bits per heavy atom. The van der Waals surface area contributed by atoms with E-state index >= 15 is 0 Å². The van der Waals surface area contributed by atoms with Crippen molar-refractivity contribution in [2.75, 3.05) is 0 Å². The fourth-order valence-electron chi connectivity index (χ4n) is 3.48. The van der Waals surface area contributed by atoms with Crippen LogP contribution in [0.1, 0.15) is 36.0 Å². The van der Waals surface area contributed by atoms with Crippen molar-refractivity contribution >= 4 is 23.2 Å². The van der Waals surface area contributed by atoms with Gasteiger partial charge in [-0.05, 0) is 31.7 Å². The number of amides is 1. The van der Waals surface area contributed by atoms with E-state index in [0.717, 1.165) is 25.7 Å². The molecule has 2 saturated heterocycles. The minimum Gasteiger partial charge on any atom is -0.333 e. The van der Waals surface area contributed by atoms with Crippen LogP contribution in [0.5, 0.6) is 0 Å². The van der Waals surface area contributed by atoms with Crippen LogP contribution in [0.25, 0.3) is 0 Å². The van der Waals surface area contributed by atoms with Crippen LogP contribution in [0.15, 0.2) is 18.2 Å². The van der Waals surface area contributed by atoms with Gasteiger partial charge in [0.1, 0.15) is 0 Å². The molecule has 2 bridgehead atoms. The lowest BCUT2D eigenvalue weighted by Gasteiger charge is -2.37. The highest BCUT2D eigenvalue weighted by molar-refractivity contribution is 6.34. The monoisotopic (exact) mass is 309 g/mol. The minimum atomic E-state index is -0.520. The van der Waals surface area contributed by atoms with Gasteiger partial charge < -0.3 is 10.6 Å². The van der Waals surface area contributed by atoms with Gasteiger partial charge in [-0.2, -0.15) is 0 Å². The molecule has 0 spiro atoms. The molecule has 0 radical (unpaired) electrons. The predicted octanol–water partition coefficient (Wildman–Crippen LogP) is 2.34. The van der Waals surface area contributed by atoms with Crippen molar-refractivity contribution < 1.29 is 9.72 Å². The Hall–Kier alpha value is -1.66. The smallest absolute Gasteiger partial charge is 0.270 e. The summed E-state index contributed by atoms with van der Waals surface area (Å²) < 4.78 is 0. The van der Waals surface area contributed by atoms with E-state index in [2.05, 4.69) is 0 Å². The predicted molar refractivity (Wildman–Crippen MR) is 78.3 cm³/mol. The number of nitro benzene ring substituents is 1.